The third-order valence-electron chi connectivity index (χ3n) is 4.59. The van der Waals surface area contributed by atoms with Gasteiger partial charge in [-0.25, -0.2) is 19.6 Å². The molecule has 1 aliphatic heterocycles. The highest BCUT2D eigenvalue weighted by molar-refractivity contribution is 5.84. The highest BCUT2D eigenvalue weighted by atomic mass is 16.6. The lowest BCUT2D eigenvalue weighted by Crippen LogP contribution is -2.23. The van der Waals surface area contributed by atoms with E-state index in [1.807, 2.05) is 11.5 Å². The molecule has 0 saturated carbocycles. The van der Waals surface area contributed by atoms with Crippen LogP contribution in [-0.2, 0) is 16.8 Å². The molecule has 4 heterocycles. The molecule has 1 aliphatic rings. The fourth-order valence-corrected chi connectivity index (χ4v) is 3.08. The number of primary amides is 1. The van der Waals surface area contributed by atoms with Crippen LogP contribution in [-0.4, -0.2) is 48.8 Å². The van der Waals surface area contributed by atoms with Crippen LogP contribution in [0.2, 0.25) is 0 Å². The van der Waals surface area contributed by atoms with Gasteiger partial charge in [-0.1, -0.05) is 31.1 Å². The number of aryl methyl sites for hydroxylation is 1. The van der Waals surface area contributed by atoms with E-state index in [-0.39, 0.29) is 11.3 Å². The van der Waals surface area contributed by atoms with Crippen molar-refractivity contribution in [2.24, 2.45) is 5.73 Å². The highest BCUT2D eigenvalue weighted by Crippen LogP contribution is 2.29. The van der Waals surface area contributed by atoms with Gasteiger partial charge in [-0.3, -0.25) is 4.79 Å². The van der Waals surface area contributed by atoms with E-state index in [1.165, 1.54) is 19.8 Å². The van der Waals surface area contributed by atoms with Crippen LogP contribution in [0.4, 0.5) is 5.82 Å². The number of amides is 1. The fourth-order valence-electron chi connectivity index (χ4n) is 3.08. The fraction of sp³-hybridized carbons (Fsp3) is 0.579. The number of hydrogen-bond acceptors (Lipinski definition) is 8. The maximum atomic E-state index is 9.22. The standard InChI is InChI=1S/C17H23N7O.C2H5NO/c1-11-12(22-25-21-11)9-24-10-18-13-14(23-7-5-6-8-23)19-16(17(2,3)4)20-15(13)24;1-2(3)4/h10H,5-9H2,1-4H3;1H3,(H2,3,4). The highest BCUT2D eigenvalue weighted by Gasteiger charge is 2.26. The first-order valence-electron chi connectivity index (χ1n) is 9.69. The summed E-state index contributed by atoms with van der Waals surface area (Å²) in [6, 6.07) is 0. The summed E-state index contributed by atoms with van der Waals surface area (Å²) in [4.78, 5) is 25.9. The average molecular weight is 400 g/mol. The second kappa shape index (κ2) is 8.14. The van der Waals surface area contributed by atoms with E-state index in [9.17, 15) is 4.79 Å². The number of nitrogens with zero attached hydrogens (tertiary/aromatic N) is 7. The van der Waals surface area contributed by atoms with Crippen LogP contribution in [0.1, 0.15) is 57.7 Å². The molecule has 0 aromatic carbocycles. The maximum Gasteiger partial charge on any atom is 0.214 e. The minimum atomic E-state index is -0.333. The van der Waals surface area contributed by atoms with E-state index in [0.717, 1.165) is 47.3 Å². The monoisotopic (exact) mass is 400 g/mol. The third-order valence-corrected chi connectivity index (χ3v) is 4.59. The minimum absolute atomic E-state index is 0.136. The van der Waals surface area contributed by atoms with Crippen molar-refractivity contribution in [3.05, 3.63) is 23.5 Å². The molecule has 3 aromatic rings. The second-order valence-corrected chi connectivity index (χ2v) is 8.27. The molecule has 1 fully saturated rings. The number of carbonyl (C=O) groups is 1. The number of fused-ring (bicyclic) bond motifs is 1. The van der Waals surface area contributed by atoms with Crippen LogP contribution < -0.4 is 10.6 Å². The Labute approximate surface area is 169 Å². The molecule has 3 aromatic heterocycles. The molecule has 29 heavy (non-hydrogen) atoms. The maximum absolute atomic E-state index is 9.22. The smallest absolute Gasteiger partial charge is 0.214 e. The Morgan fingerprint density at radius 1 is 1.21 bits per heavy atom. The predicted octanol–water partition coefficient (Wildman–Crippen LogP) is 1.96. The lowest BCUT2D eigenvalue weighted by molar-refractivity contribution is -0.115. The van der Waals surface area contributed by atoms with E-state index >= 15 is 0 Å². The molecule has 10 heteroatoms. The Bertz CT molecular complexity index is 991. The predicted molar refractivity (Wildman–Crippen MR) is 108 cm³/mol. The van der Waals surface area contributed by atoms with Gasteiger partial charge in [-0.2, -0.15) is 0 Å². The topological polar surface area (TPSA) is 129 Å². The van der Waals surface area contributed by atoms with Gasteiger partial charge >= 0.3 is 0 Å². The molecule has 2 N–H and O–H groups in total. The summed E-state index contributed by atoms with van der Waals surface area (Å²) in [6.07, 6.45) is 4.20. The van der Waals surface area contributed by atoms with E-state index < -0.39 is 0 Å². The van der Waals surface area contributed by atoms with Gasteiger partial charge in [0.15, 0.2) is 17.0 Å². The van der Waals surface area contributed by atoms with Crippen molar-refractivity contribution in [2.45, 2.75) is 59.4 Å². The van der Waals surface area contributed by atoms with E-state index in [0.29, 0.717) is 6.54 Å². The Hall–Kier alpha value is -3.04. The molecular weight excluding hydrogens is 372 g/mol. The van der Waals surface area contributed by atoms with Crippen molar-refractivity contribution in [3.8, 4) is 0 Å². The van der Waals surface area contributed by atoms with Crippen molar-refractivity contribution >= 4 is 22.9 Å². The quantitative estimate of drug-likeness (QED) is 0.706. The largest absolute Gasteiger partial charge is 0.370 e. The van der Waals surface area contributed by atoms with Gasteiger partial charge in [0.1, 0.15) is 17.2 Å². The number of anilines is 1. The Kier molecular flexibility index (Phi) is 5.81. The summed E-state index contributed by atoms with van der Waals surface area (Å²) >= 11 is 0. The van der Waals surface area contributed by atoms with Crippen molar-refractivity contribution < 1.29 is 9.42 Å². The number of rotatable bonds is 3. The first-order valence-corrected chi connectivity index (χ1v) is 9.69. The van der Waals surface area contributed by atoms with Crippen molar-refractivity contribution in [1.82, 2.24) is 29.8 Å². The summed E-state index contributed by atoms with van der Waals surface area (Å²) in [5.41, 5.74) is 7.60. The SMILES string of the molecule is CC(N)=O.Cc1nonc1Cn1cnc2c(N3CCCC3)nc(C(C)(C)C)nc21. The molecule has 0 spiro atoms. The molecule has 10 nitrogen and oxygen atoms in total. The summed E-state index contributed by atoms with van der Waals surface area (Å²) < 4.78 is 6.81. The number of hydrogen-bond donors (Lipinski definition) is 1. The van der Waals surface area contributed by atoms with Gasteiger partial charge in [0.2, 0.25) is 5.91 Å². The zero-order chi connectivity index (χ0) is 21.2. The molecule has 156 valence electrons. The first-order chi connectivity index (χ1) is 13.7. The molecular formula is C19H28N8O2. The summed E-state index contributed by atoms with van der Waals surface area (Å²) in [7, 11) is 0. The second-order valence-electron chi connectivity index (χ2n) is 8.27. The van der Waals surface area contributed by atoms with Gasteiger partial charge in [0, 0.05) is 25.4 Å². The van der Waals surface area contributed by atoms with Crippen molar-refractivity contribution in [3.63, 3.8) is 0 Å². The zero-order valence-electron chi connectivity index (χ0n) is 17.6. The Morgan fingerprint density at radius 3 is 2.41 bits per heavy atom. The van der Waals surface area contributed by atoms with Crippen molar-refractivity contribution in [2.75, 3.05) is 18.0 Å². The van der Waals surface area contributed by atoms with Crippen LogP contribution >= 0.6 is 0 Å². The Morgan fingerprint density at radius 2 is 1.86 bits per heavy atom. The van der Waals surface area contributed by atoms with Gasteiger partial charge in [0.05, 0.1) is 12.9 Å². The molecule has 1 saturated heterocycles. The minimum Gasteiger partial charge on any atom is -0.370 e. The van der Waals surface area contributed by atoms with Gasteiger partial charge in [-0.15, -0.1) is 0 Å². The van der Waals surface area contributed by atoms with Crippen LogP contribution in [0.3, 0.4) is 0 Å². The lowest BCUT2D eigenvalue weighted by Gasteiger charge is -2.22. The van der Waals surface area contributed by atoms with Gasteiger partial charge in [0.25, 0.3) is 0 Å². The van der Waals surface area contributed by atoms with Crippen LogP contribution in [0, 0.1) is 6.92 Å². The molecule has 0 aliphatic carbocycles. The van der Waals surface area contributed by atoms with E-state index in [1.54, 1.807) is 6.33 Å². The van der Waals surface area contributed by atoms with E-state index in [4.69, 9.17) is 14.6 Å². The number of aromatic nitrogens is 6. The van der Waals surface area contributed by atoms with Gasteiger partial charge in [-0.05, 0) is 19.8 Å². The zero-order valence-corrected chi connectivity index (χ0v) is 17.6. The molecule has 0 radical (unpaired) electrons. The summed E-state index contributed by atoms with van der Waals surface area (Å²) in [5.74, 6) is 1.44. The normalized spacial score (nSPS) is 14.2. The number of imidazole rings is 1. The molecule has 0 bridgehead atoms. The summed E-state index contributed by atoms with van der Waals surface area (Å²) in [6.45, 7) is 12.2. The van der Waals surface area contributed by atoms with E-state index in [2.05, 4.69) is 46.7 Å². The first kappa shape index (κ1) is 20.7. The molecule has 1 amide bonds. The molecule has 0 unspecified atom stereocenters. The lowest BCUT2D eigenvalue weighted by atomic mass is 9.96. The average Bonchev–Trinajstić information content (AvgIpc) is 3.36. The third kappa shape index (κ3) is 4.69. The number of carbonyl (C=O) groups excluding carboxylic acids is 1. The van der Waals surface area contributed by atoms with Crippen molar-refractivity contribution in [1.29, 1.82) is 0 Å². The number of nitrogens with two attached hydrogens (primary N) is 1. The Balaban J connectivity index is 0.000000552. The van der Waals surface area contributed by atoms with Crippen LogP contribution in [0.15, 0.2) is 11.0 Å². The molecule has 4 rings (SSSR count). The summed E-state index contributed by atoms with van der Waals surface area (Å²) in [5, 5.41) is 7.83. The van der Waals surface area contributed by atoms with Crippen LogP contribution in [0.5, 0.6) is 0 Å². The van der Waals surface area contributed by atoms with Gasteiger partial charge < -0.3 is 15.2 Å². The van der Waals surface area contributed by atoms with Crippen LogP contribution in [0.25, 0.3) is 11.2 Å². The molecule has 0 atom stereocenters.